The van der Waals surface area contributed by atoms with E-state index in [1.54, 1.807) is 10.6 Å². The molecule has 2 aromatic rings. The molecule has 0 radical (unpaired) electrons. The summed E-state index contributed by atoms with van der Waals surface area (Å²) in [5, 5.41) is 6.21. The van der Waals surface area contributed by atoms with E-state index < -0.39 is 5.66 Å². The minimum atomic E-state index is -0.761. The van der Waals surface area contributed by atoms with Crippen molar-refractivity contribution in [3.05, 3.63) is 39.0 Å². The topological polar surface area (TPSA) is 118 Å². The molecule has 2 aromatic heterocycles. The van der Waals surface area contributed by atoms with Gasteiger partial charge in [0.2, 0.25) is 0 Å². The first kappa shape index (κ1) is 19.7. The summed E-state index contributed by atoms with van der Waals surface area (Å²) in [6.45, 7) is 7.56. The number of hydrogen-bond acceptors (Lipinski definition) is 7. The molecule has 0 aliphatic carbocycles. The van der Waals surface area contributed by atoms with Crippen LogP contribution in [0.15, 0.2) is 17.2 Å². The third-order valence-electron chi connectivity index (χ3n) is 5.68. The second kappa shape index (κ2) is 7.00. The number of halogens is 1. The second-order valence-corrected chi connectivity index (χ2v) is 8.31. The Hall–Kier alpha value is -2.65. The first-order chi connectivity index (χ1) is 13.7. The molecule has 1 unspecified atom stereocenters. The molecule has 29 heavy (non-hydrogen) atoms. The highest BCUT2D eigenvalue weighted by atomic mass is 35.5. The number of piperidine rings is 1. The highest BCUT2D eigenvalue weighted by molar-refractivity contribution is 6.35. The zero-order valence-corrected chi connectivity index (χ0v) is 17.4. The van der Waals surface area contributed by atoms with Gasteiger partial charge in [-0.25, -0.2) is 9.97 Å². The molecule has 9 nitrogen and oxygen atoms in total. The van der Waals surface area contributed by atoms with Crippen molar-refractivity contribution in [1.82, 2.24) is 24.8 Å². The Labute approximate surface area is 173 Å². The van der Waals surface area contributed by atoms with Crippen molar-refractivity contribution in [2.75, 3.05) is 24.1 Å². The highest BCUT2D eigenvalue weighted by Crippen LogP contribution is 2.34. The Morgan fingerprint density at radius 2 is 2.10 bits per heavy atom. The van der Waals surface area contributed by atoms with Gasteiger partial charge in [0.25, 0.3) is 11.5 Å². The standard InChI is InChI=1S/C19H24ClN7O2/c1-10(2)26-6-4-5-19(8-26)25-17(28)14-11(3)7-12(18(29)27(14)19)24-16-13(20)15(21)22-9-23-16/h7,9-10H,4-6,8H2,1-3H3,(H,25,28)(H3,21,22,23,24). The van der Waals surface area contributed by atoms with E-state index >= 15 is 0 Å². The second-order valence-electron chi connectivity index (χ2n) is 7.93. The maximum atomic E-state index is 13.5. The van der Waals surface area contributed by atoms with Crippen LogP contribution in [-0.4, -0.2) is 44.5 Å². The summed E-state index contributed by atoms with van der Waals surface area (Å²) in [4.78, 5) is 36.5. The molecule has 2 aliphatic heterocycles. The molecule has 154 valence electrons. The number of anilines is 3. The quantitative estimate of drug-likeness (QED) is 0.697. The number of likely N-dealkylation sites (tertiary alicyclic amines) is 1. The van der Waals surface area contributed by atoms with Crippen LogP contribution in [0.1, 0.15) is 42.7 Å². The number of rotatable bonds is 3. The first-order valence-corrected chi connectivity index (χ1v) is 9.98. The third kappa shape index (κ3) is 3.14. The maximum Gasteiger partial charge on any atom is 0.276 e. The number of nitrogens with zero attached hydrogens (tertiary/aromatic N) is 4. The predicted octanol–water partition coefficient (Wildman–Crippen LogP) is 1.83. The number of aromatic nitrogens is 3. The molecule has 4 heterocycles. The highest BCUT2D eigenvalue weighted by Gasteiger charge is 2.47. The minimum absolute atomic E-state index is 0.121. The van der Waals surface area contributed by atoms with E-state index in [1.165, 1.54) is 6.33 Å². The van der Waals surface area contributed by atoms with E-state index in [-0.39, 0.29) is 33.8 Å². The minimum Gasteiger partial charge on any atom is -0.382 e. The van der Waals surface area contributed by atoms with Crippen LogP contribution in [0.3, 0.4) is 0 Å². The zero-order chi connectivity index (χ0) is 20.9. The van der Waals surface area contributed by atoms with Crippen molar-refractivity contribution < 1.29 is 4.79 Å². The van der Waals surface area contributed by atoms with Crippen molar-refractivity contribution in [2.45, 2.75) is 45.3 Å². The molecule has 4 N–H and O–H groups in total. The maximum absolute atomic E-state index is 13.5. The van der Waals surface area contributed by atoms with Gasteiger partial charge in [-0.2, -0.15) is 0 Å². The lowest BCUT2D eigenvalue weighted by Gasteiger charge is -2.43. The number of carbonyl (C=O) groups excluding carboxylic acids is 1. The van der Waals surface area contributed by atoms with Gasteiger partial charge in [-0.05, 0) is 51.8 Å². The molecule has 10 heteroatoms. The summed E-state index contributed by atoms with van der Waals surface area (Å²) in [5.74, 6) is 0.145. The normalized spacial score (nSPS) is 21.5. The molecular formula is C19H24ClN7O2. The van der Waals surface area contributed by atoms with E-state index in [1.807, 2.05) is 6.92 Å². The SMILES string of the molecule is Cc1cc(Nc2ncnc(N)c2Cl)c(=O)n2c1C(=O)NC21CCCN(C(C)C)C1. The average molecular weight is 418 g/mol. The summed E-state index contributed by atoms with van der Waals surface area (Å²) in [6, 6.07) is 1.96. The summed E-state index contributed by atoms with van der Waals surface area (Å²) in [5.41, 5.74) is 6.05. The van der Waals surface area contributed by atoms with Gasteiger partial charge < -0.3 is 16.4 Å². The van der Waals surface area contributed by atoms with E-state index in [2.05, 4.69) is 39.3 Å². The number of fused-ring (bicyclic) bond motifs is 2. The largest absolute Gasteiger partial charge is 0.382 e. The lowest BCUT2D eigenvalue weighted by Crippen LogP contribution is -2.59. The molecule has 0 saturated carbocycles. The van der Waals surface area contributed by atoms with Crippen molar-refractivity contribution in [1.29, 1.82) is 0 Å². The fraction of sp³-hybridized carbons (Fsp3) is 0.474. The number of nitrogen functional groups attached to an aromatic ring is 1. The van der Waals surface area contributed by atoms with E-state index in [9.17, 15) is 9.59 Å². The number of carbonyl (C=O) groups is 1. The van der Waals surface area contributed by atoms with Gasteiger partial charge in [0, 0.05) is 12.6 Å². The molecule has 0 aromatic carbocycles. The van der Waals surface area contributed by atoms with E-state index in [0.717, 1.165) is 13.0 Å². The van der Waals surface area contributed by atoms with E-state index in [0.29, 0.717) is 30.3 Å². The van der Waals surface area contributed by atoms with Crippen LogP contribution in [0.4, 0.5) is 17.3 Å². The molecule has 4 rings (SSSR count). The number of nitrogens with two attached hydrogens (primary N) is 1. The predicted molar refractivity (Wildman–Crippen MR) is 112 cm³/mol. The summed E-state index contributed by atoms with van der Waals surface area (Å²) >= 11 is 6.18. The van der Waals surface area contributed by atoms with Crippen molar-refractivity contribution in [3.8, 4) is 0 Å². The lowest BCUT2D eigenvalue weighted by atomic mass is 9.97. The molecule has 1 spiro atoms. The van der Waals surface area contributed by atoms with Gasteiger partial charge in [-0.1, -0.05) is 11.6 Å². The molecule has 1 amide bonds. The molecule has 0 bridgehead atoms. The third-order valence-corrected chi connectivity index (χ3v) is 6.05. The number of aryl methyl sites for hydroxylation is 1. The molecular weight excluding hydrogens is 394 g/mol. The van der Waals surface area contributed by atoms with Gasteiger partial charge in [0.05, 0.1) is 0 Å². The van der Waals surface area contributed by atoms with Crippen molar-refractivity contribution >= 4 is 34.8 Å². The Bertz CT molecular complexity index is 1050. The van der Waals surface area contributed by atoms with Crippen LogP contribution in [0, 0.1) is 6.92 Å². The summed E-state index contributed by atoms with van der Waals surface area (Å²) in [7, 11) is 0. The monoisotopic (exact) mass is 417 g/mol. The fourth-order valence-corrected chi connectivity index (χ4v) is 4.39. The fourth-order valence-electron chi connectivity index (χ4n) is 4.24. The van der Waals surface area contributed by atoms with Gasteiger partial charge >= 0.3 is 0 Å². The van der Waals surface area contributed by atoms with Crippen LogP contribution < -0.4 is 21.9 Å². The van der Waals surface area contributed by atoms with Crippen molar-refractivity contribution in [2.24, 2.45) is 0 Å². The summed E-state index contributed by atoms with van der Waals surface area (Å²) < 4.78 is 1.61. The number of pyridine rings is 1. The van der Waals surface area contributed by atoms with Crippen LogP contribution in [0.2, 0.25) is 5.02 Å². The lowest BCUT2D eigenvalue weighted by molar-refractivity contribution is 0.0536. The van der Waals surface area contributed by atoms with Crippen LogP contribution in [0.25, 0.3) is 0 Å². The average Bonchev–Trinajstić information content (AvgIpc) is 2.95. The van der Waals surface area contributed by atoms with E-state index in [4.69, 9.17) is 17.3 Å². The molecule has 1 atom stereocenters. The van der Waals surface area contributed by atoms with Crippen molar-refractivity contribution in [3.63, 3.8) is 0 Å². The van der Waals surface area contributed by atoms with Gasteiger partial charge in [-0.15, -0.1) is 0 Å². The first-order valence-electron chi connectivity index (χ1n) is 9.60. The molecule has 2 aliphatic rings. The Morgan fingerprint density at radius 3 is 2.83 bits per heavy atom. The summed E-state index contributed by atoms with van der Waals surface area (Å²) in [6.07, 6.45) is 2.85. The number of hydrogen-bond donors (Lipinski definition) is 3. The zero-order valence-electron chi connectivity index (χ0n) is 16.6. The van der Waals surface area contributed by atoms with Crippen LogP contribution in [-0.2, 0) is 5.66 Å². The van der Waals surface area contributed by atoms with Gasteiger partial charge in [0.15, 0.2) is 5.82 Å². The van der Waals surface area contributed by atoms with Crippen LogP contribution >= 0.6 is 11.6 Å². The molecule has 1 fully saturated rings. The molecule has 1 saturated heterocycles. The Balaban J connectivity index is 1.83. The Kier molecular flexibility index (Phi) is 4.74. The smallest absolute Gasteiger partial charge is 0.276 e. The van der Waals surface area contributed by atoms with Crippen LogP contribution in [0.5, 0.6) is 0 Å². The van der Waals surface area contributed by atoms with Gasteiger partial charge in [-0.3, -0.25) is 19.1 Å². The number of amides is 1. The number of nitrogens with one attached hydrogen (secondary N) is 2. The van der Waals surface area contributed by atoms with Gasteiger partial charge in [0.1, 0.15) is 34.2 Å². The Morgan fingerprint density at radius 1 is 1.34 bits per heavy atom.